The SMILES string of the molecule is CC(=O)NC1C(OC(C)=O)OC(CO)C(O)C1OC(C)=O. The number of carbonyl (C=O) groups excluding carboxylic acids is 3. The molecule has 5 atom stereocenters. The summed E-state index contributed by atoms with van der Waals surface area (Å²) < 4.78 is 15.1. The fourth-order valence-corrected chi connectivity index (χ4v) is 2.05. The van der Waals surface area contributed by atoms with Gasteiger partial charge in [0.25, 0.3) is 0 Å². The Kier molecular flexibility index (Phi) is 6.06. The number of hydrogen-bond donors (Lipinski definition) is 3. The molecule has 9 heteroatoms. The van der Waals surface area contributed by atoms with Crippen LogP contribution in [-0.4, -0.2) is 65.3 Å². The lowest BCUT2D eigenvalue weighted by Gasteiger charge is -2.42. The quantitative estimate of drug-likeness (QED) is 0.511. The lowest BCUT2D eigenvalue weighted by Crippen LogP contribution is -2.65. The molecular weight excluding hydrogens is 286 g/mol. The molecule has 1 aliphatic rings. The summed E-state index contributed by atoms with van der Waals surface area (Å²) in [6.07, 6.45) is -5.02. The van der Waals surface area contributed by atoms with Crippen LogP contribution in [0.1, 0.15) is 20.8 Å². The van der Waals surface area contributed by atoms with E-state index in [-0.39, 0.29) is 0 Å². The van der Waals surface area contributed by atoms with Crippen LogP contribution >= 0.6 is 0 Å². The van der Waals surface area contributed by atoms with Crippen molar-refractivity contribution in [3.05, 3.63) is 0 Å². The maximum atomic E-state index is 11.3. The van der Waals surface area contributed by atoms with Gasteiger partial charge >= 0.3 is 11.9 Å². The van der Waals surface area contributed by atoms with Crippen LogP contribution in [0.3, 0.4) is 0 Å². The number of ether oxygens (including phenoxy) is 3. The number of hydrogen-bond acceptors (Lipinski definition) is 8. The van der Waals surface area contributed by atoms with Crippen LogP contribution in [0.25, 0.3) is 0 Å². The normalized spacial score (nSPS) is 32.1. The van der Waals surface area contributed by atoms with E-state index in [9.17, 15) is 24.6 Å². The first kappa shape index (κ1) is 17.3. The van der Waals surface area contributed by atoms with Gasteiger partial charge in [0.05, 0.1) is 6.61 Å². The van der Waals surface area contributed by atoms with Gasteiger partial charge in [-0.2, -0.15) is 0 Å². The Hall–Kier alpha value is -1.71. The molecule has 0 spiro atoms. The van der Waals surface area contributed by atoms with Crippen molar-refractivity contribution in [2.45, 2.75) is 51.4 Å². The van der Waals surface area contributed by atoms with Crippen molar-refractivity contribution >= 4 is 17.8 Å². The number of aliphatic hydroxyl groups excluding tert-OH is 2. The smallest absolute Gasteiger partial charge is 0.305 e. The molecule has 0 radical (unpaired) electrons. The molecule has 5 unspecified atom stereocenters. The molecule has 1 fully saturated rings. The van der Waals surface area contributed by atoms with Crippen LogP contribution in [0.2, 0.25) is 0 Å². The fraction of sp³-hybridized carbons (Fsp3) is 0.750. The minimum Gasteiger partial charge on any atom is -0.457 e. The Balaban J connectivity index is 3.05. The minimum absolute atomic E-state index is 0.493. The topological polar surface area (TPSA) is 131 Å². The van der Waals surface area contributed by atoms with Crippen molar-refractivity contribution in [3.63, 3.8) is 0 Å². The Morgan fingerprint density at radius 1 is 1.14 bits per heavy atom. The highest BCUT2D eigenvalue weighted by atomic mass is 16.7. The zero-order valence-corrected chi connectivity index (χ0v) is 11.9. The molecule has 1 aliphatic heterocycles. The van der Waals surface area contributed by atoms with Gasteiger partial charge in [0, 0.05) is 20.8 Å². The second-order valence-electron chi connectivity index (χ2n) is 4.63. The van der Waals surface area contributed by atoms with Crippen LogP contribution in [0.15, 0.2) is 0 Å². The van der Waals surface area contributed by atoms with Gasteiger partial charge in [-0.05, 0) is 0 Å². The van der Waals surface area contributed by atoms with Gasteiger partial charge < -0.3 is 29.7 Å². The van der Waals surface area contributed by atoms with E-state index in [0.29, 0.717) is 0 Å². The van der Waals surface area contributed by atoms with Gasteiger partial charge in [-0.25, -0.2) is 0 Å². The van der Waals surface area contributed by atoms with Crippen LogP contribution < -0.4 is 5.32 Å². The summed E-state index contributed by atoms with van der Waals surface area (Å²) in [5.41, 5.74) is 0. The van der Waals surface area contributed by atoms with Crippen molar-refractivity contribution in [2.24, 2.45) is 0 Å². The Bertz CT molecular complexity index is 412. The van der Waals surface area contributed by atoms with Crippen LogP contribution in [0, 0.1) is 0 Å². The van der Waals surface area contributed by atoms with E-state index in [1.807, 2.05) is 0 Å². The van der Waals surface area contributed by atoms with Crippen LogP contribution in [0.5, 0.6) is 0 Å². The standard InChI is InChI=1S/C12H19NO8/c1-5(15)13-9-11(19-6(2)16)10(18)8(4-14)21-12(9)20-7(3)17/h8-12,14,18H,4H2,1-3H3,(H,13,15). The van der Waals surface area contributed by atoms with Gasteiger partial charge in [-0.1, -0.05) is 0 Å². The summed E-state index contributed by atoms with van der Waals surface area (Å²) in [4.78, 5) is 33.5. The van der Waals surface area contributed by atoms with E-state index in [0.717, 1.165) is 13.8 Å². The van der Waals surface area contributed by atoms with Gasteiger partial charge in [-0.15, -0.1) is 0 Å². The molecule has 1 rings (SSSR count). The first-order valence-electron chi connectivity index (χ1n) is 6.32. The monoisotopic (exact) mass is 305 g/mol. The molecule has 21 heavy (non-hydrogen) atoms. The first-order chi connectivity index (χ1) is 9.76. The highest BCUT2D eigenvalue weighted by molar-refractivity contribution is 5.73. The molecule has 0 aromatic carbocycles. The van der Waals surface area contributed by atoms with Crippen molar-refractivity contribution in [1.29, 1.82) is 0 Å². The number of rotatable bonds is 4. The van der Waals surface area contributed by atoms with E-state index in [4.69, 9.17) is 14.2 Å². The third kappa shape index (κ3) is 4.66. The van der Waals surface area contributed by atoms with Crippen molar-refractivity contribution < 1.29 is 38.8 Å². The maximum absolute atomic E-state index is 11.3. The predicted octanol–water partition coefficient (Wildman–Crippen LogP) is -1.94. The third-order valence-corrected chi connectivity index (χ3v) is 2.81. The zero-order valence-electron chi connectivity index (χ0n) is 11.9. The second-order valence-corrected chi connectivity index (χ2v) is 4.63. The van der Waals surface area contributed by atoms with E-state index < -0.39 is 55.1 Å². The van der Waals surface area contributed by atoms with E-state index >= 15 is 0 Å². The van der Waals surface area contributed by atoms with E-state index in [2.05, 4.69) is 5.32 Å². The number of amides is 1. The summed E-state index contributed by atoms with van der Waals surface area (Å²) in [6.45, 7) is 2.89. The first-order valence-corrected chi connectivity index (χ1v) is 6.32. The van der Waals surface area contributed by atoms with Crippen molar-refractivity contribution in [3.8, 4) is 0 Å². The molecule has 120 valence electrons. The summed E-state index contributed by atoms with van der Waals surface area (Å²) in [6, 6.07) is -1.09. The molecule has 0 bridgehead atoms. The predicted molar refractivity (Wildman–Crippen MR) is 66.7 cm³/mol. The summed E-state index contributed by atoms with van der Waals surface area (Å²) >= 11 is 0. The largest absolute Gasteiger partial charge is 0.457 e. The van der Waals surface area contributed by atoms with Gasteiger partial charge in [-0.3, -0.25) is 14.4 Å². The number of esters is 2. The highest BCUT2D eigenvalue weighted by Crippen LogP contribution is 2.24. The van der Waals surface area contributed by atoms with E-state index in [1.54, 1.807) is 0 Å². The lowest BCUT2D eigenvalue weighted by atomic mass is 9.96. The average molecular weight is 305 g/mol. The lowest BCUT2D eigenvalue weighted by molar-refractivity contribution is -0.265. The van der Waals surface area contributed by atoms with E-state index in [1.165, 1.54) is 6.92 Å². The molecular formula is C12H19NO8. The molecule has 9 nitrogen and oxygen atoms in total. The third-order valence-electron chi connectivity index (χ3n) is 2.81. The van der Waals surface area contributed by atoms with Crippen LogP contribution in [0.4, 0.5) is 0 Å². The fourth-order valence-electron chi connectivity index (χ4n) is 2.05. The molecule has 0 aliphatic carbocycles. The summed E-state index contributed by atoms with van der Waals surface area (Å²) in [5.74, 6) is -1.88. The van der Waals surface area contributed by atoms with Gasteiger partial charge in [0.2, 0.25) is 12.2 Å². The molecule has 0 aromatic heterocycles. The Labute approximate surface area is 121 Å². The zero-order chi connectivity index (χ0) is 16.2. The number of carbonyl (C=O) groups is 3. The van der Waals surface area contributed by atoms with Crippen LogP contribution in [-0.2, 0) is 28.6 Å². The molecule has 1 heterocycles. The Morgan fingerprint density at radius 2 is 1.71 bits per heavy atom. The number of aliphatic hydroxyl groups is 2. The highest BCUT2D eigenvalue weighted by Gasteiger charge is 2.49. The van der Waals surface area contributed by atoms with Crippen molar-refractivity contribution in [1.82, 2.24) is 5.32 Å². The molecule has 3 N–H and O–H groups in total. The summed E-state index contributed by atoms with van der Waals surface area (Å²) in [5, 5.41) is 21.6. The molecule has 0 aromatic rings. The Morgan fingerprint density at radius 3 is 2.14 bits per heavy atom. The maximum Gasteiger partial charge on any atom is 0.305 e. The molecule has 0 saturated carbocycles. The summed E-state index contributed by atoms with van der Waals surface area (Å²) in [7, 11) is 0. The van der Waals surface area contributed by atoms with Gasteiger partial charge in [0.1, 0.15) is 18.2 Å². The molecule has 1 saturated heterocycles. The van der Waals surface area contributed by atoms with Crippen molar-refractivity contribution in [2.75, 3.05) is 6.61 Å². The minimum atomic E-state index is -1.39. The second kappa shape index (κ2) is 7.34. The van der Waals surface area contributed by atoms with Gasteiger partial charge in [0.15, 0.2) is 6.10 Å². The number of nitrogens with one attached hydrogen (secondary N) is 1. The molecule has 1 amide bonds. The average Bonchev–Trinajstić information content (AvgIpc) is 2.35.